The normalized spacial score (nSPS) is 13.0. The number of nitrogens with zero attached hydrogens (tertiary/aromatic N) is 4. The summed E-state index contributed by atoms with van der Waals surface area (Å²) in [6, 6.07) is 10.0. The fourth-order valence-corrected chi connectivity index (χ4v) is 2.38. The predicted octanol–water partition coefficient (Wildman–Crippen LogP) is 1.55. The van der Waals surface area contributed by atoms with E-state index in [4.69, 9.17) is 5.73 Å². The summed E-state index contributed by atoms with van der Waals surface area (Å²) in [5.74, 6) is 0. The summed E-state index contributed by atoms with van der Waals surface area (Å²) in [5, 5.41) is 10.1. The molecule has 19 heavy (non-hydrogen) atoms. The third-order valence-corrected chi connectivity index (χ3v) is 3.36. The van der Waals surface area contributed by atoms with Gasteiger partial charge in [0.15, 0.2) is 0 Å². The van der Waals surface area contributed by atoms with E-state index in [-0.39, 0.29) is 6.04 Å². The highest BCUT2D eigenvalue weighted by Gasteiger charge is 2.15. The molecule has 1 atom stereocenters. The minimum absolute atomic E-state index is 0.125. The Morgan fingerprint density at radius 1 is 1.16 bits per heavy atom. The monoisotopic (exact) mass is 255 g/mol. The largest absolute Gasteiger partial charge is 0.322 e. The maximum atomic E-state index is 6.22. The summed E-state index contributed by atoms with van der Waals surface area (Å²) in [6.07, 6.45) is 2.60. The molecule has 2 N–H and O–H groups in total. The number of rotatable bonds is 3. The van der Waals surface area contributed by atoms with Gasteiger partial charge in [-0.1, -0.05) is 18.2 Å². The van der Waals surface area contributed by atoms with Crippen LogP contribution in [-0.4, -0.2) is 19.6 Å². The van der Waals surface area contributed by atoms with Crippen LogP contribution < -0.4 is 5.73 Å². The van der Waals surface area contributed by atoms with E-state index < -0.39 is 0 Å². The molecule has 0 aliphatic carbocycles. The first kappa shape index (κ1) is 11.9. The first-order valence-electron chi connectivity index (χ1n) is 6.31. The Bertz CT molecular complexity index is 710. The first-order valence-corrected chi connectivity index (χ1v) is 6.31. The number of hydrogen-bond donors (Lipinski definition) is 1. The number of aryl methyl sites for hydroxylation is 2. The Labute approximate surface area is 111 Å². The third-order valence-electron chi connectivity index (χ3n) is 3.36. The van der Waals surface area contributed by atoms with Gasteiger partial charge in [-0.05, 0) is 12.1 Å². The van der Waals surface area contributed by atoms with Crippen molar-refractivity contribution in [2.24, 2.45) is 19.8 Å². The van der Waals surface area contributed by atoms with E-state index in [9.17, 15) is 0 Å². The number of nitrogens with two attached hydrogens (primary N) is 1. The Morgan fingerprint density at radius 3 is 2.68 bits per heavy atom. The summed E-state index contributed by atoms with van der Waals surface area (Å²) in [6.45, 7) is 0. The summed E-state index contributed by atoms with van der Waals surface area (Å²) in [7, 11) is 3.85. The molecule has 5 nitrogen and oxygen atoms in total. The van der Waals surface area contributed by atoms with Crippen molar-refractivity contribution >= 4 is 10.9 Å². The number of hydrogen-bond acceptors (Lipinski definition) is 3. The van der Waals surface area contributed by atoms with Gasteiger partial charge in [0.1, 0.15) is 0 Å². The van der Waals surface area contributed by atoms with Crippen LogP contribution in [0.15, 0.2) is 36.5 Å². The predicted molar refractivity (Wildman–Crippen MR) is 74.6 cm³/mol. The van der Waals surface area contributed by atoms with Crippen LogP contribution in [0.4, 0.5) is 0 Å². The van der Waals surface area contributed by atoms with E-state index >= 15 is 0 Å². The smallest absolute Gasteiger partial charge is 0.0795 e. The summed E-state index contributed by atoms with van der Waals surface area (Å²) >= 11 is 0. The molecule has 2 aromatic heterocycles. The molecule has 0 amide bonds. The Morgan fingerprint density at radius 2 is 1.95 bits per heavy atom. The van der Waals surface area contributed by atoms with Gasteiger partial charge in [-0.3, -0.25) is 9.36 Å². The lowest BCUT2D eigenvalue weighted by atomic mass is 10.1. The van der Waals surface area contributed by atoms with Gasteiger partial charge in [0.05, 0.1) is 22.9 Å². The lowest BCUT2D eigenvalue weighted by molar-refractivity contribution is 0.640. The maximum absolute atomic E-state index is 6.22. The molecule has 2 heterocycles. The number of aromatic nitrogens is 4. The fraction of sp³-hybridized carbons (Fsp3) is 0.286. The number of fused-ring (bicyclic) bond motifs is 1. The van der Waals surface area contributed by atoms with Crippen molar-refractivity contribution in [2.75, 3.05) is 0 Å². The Kier molecular flexibility index (Phi) is 2.83. The zero-order valence-electron chi connectivity index (χ0n) is 11.1. The second-order valence-electron chi connectivity index (χ2n) is 4.81. The van der Waals surface area contributed by atoms with Crippen LogP contribution in [-0.2, 0) is 20.5 Å². The Balaban J connectivity index is 1.93. The van der Waals surface area contributed by atoms with Crippen LogP contribution in [0.2, 0.25) is 0 Å². The lowest BCUT2D eigenvalue weighted by Gasteiger charge is -2.06. The molecule has 0 aliphatic heterocycles. The van der Waals surface area contributed by atoms with Crippen molar-refractivity contribution < 1.29 is 0 Å². The van der Waals surface area contributed by atoms with Crippen molar-refractivity contribution in [1.29, 1.82) is 0 Å². The van der Waals surface area contributed by atoms with Crippen LogP contribution >= 0.6 is 0 Å². The summed E-state index contributed by atoms with van der Waals surface area (Å²) in [4.78, 5) is 0. The van der Waals surface area contributed by atoms with Crippen LogP contribution in [0.3, 0.4) is 0 Å². The van der Waals surface area contributed by atoms with Gasteiger partial charge in [-0.25, -0.2) is 0 Å². The quantitative estimate of drug-likeness (QED) is 0.772. The zero-order valence-corrected chi connectivity index (χ0v) is 11.1. The zero-order chi connectivity index (χ0) is 13.4. The minimum atomic E-state index is -0.125. The van der Waals surface area contributed by atoms with Crippen molar-refractivity contribution in [2.45, 2.75) is 12.5 Å². The molecule has 98 valence electrons. The van der Waals surface area contributed by atoms with Gasteiger partial charge in [-0.15, -0.1) is 0 Å². The van der Waals surface area contributed by atoms with Crippen LogP contribution in [0.25, 0.3) is 10.9 Å². The average Bonchev–Trinajstić information content (AvgIpc) is 2.96. The molecule has 0 bridgehead atoms. The molecule has 1 aromatic carbocycles. The fourth-order valence-electron chi connectivity index (χ4n) is 2.38. The van der Waals surface area contributed by atoms with Crippen LogP contribution in [0.5, 0.6) is 0 Å². The van der Waals surface area contributed by atoms with Gasteiger partial charge >= 0.3 is 0 Å². The standard InChI is InChI=1S/C14H17N5/c1-18-8-7-12(16-18)11(15)9-13-10-5-3-4-6-14(10)19(2)17-13/h3-8,11H,9,15H2,1-2H3. The molecule has 0 spiro atoms. The second kappa shape index (κ2) is 4.51. The lowest BCUT2D eigenvalue weighted by Crippen LogP contribution is -2.15. The van der Waals surface area contributed by atoms with Crippen molar-refractivity contribution in [3.63, 3.8) is 0 Å². The molecule has 5 heteroatoms. The molecule has 3 aromatic rings. The SMILES string of the molecule is Cn1ccc(C(N)Cc2nn(C)c3ccccc23)n1. The van der Waals surface area contributed by atoms with E-state index in [0.29, 0.717) is 6.42 Å². The molecule has 3 rings (SSSR count). The van der Waals surface area contributed by atoms with Gasteiger partial charge < -0.3 is 5.73 Å². The first-order chi connectivity index (χ1) is 9.15. The third kappa shape index (κ3) is 2.13. The highest BCUT2D eigenvalue weighted by atomic mass is 15.3. The van der Waals surface area contributed by atoms with E-state index in [1.54, 1.807) is 4.68 Å². The van der Waals surface area contributed by atoms with Gasteiger partial charge in [0, 0.05) is 32.1 Å². The topological polar surface area (TPSA) is 61.7 Å². The molecule has 0 radical (unpaired) electrons. The molecule has 0 fully saturated rings. The minimum Gasteiger partial charge on any atom is -0.322 e. The highest BCUT2D eigenvalue weighted by Crippen LogP contribution is 2.21. The molecular weight excluding hydrogens is 238 g/mol. The molecule has 0 saturated carbocycles. The van der Waals surface area contributed by atoms with Gasteiger partial charge in [0.2, 0.25) is 0 Å². The second-order valence-corrected chi connectivity index (χ2v) is 4.81. The van der Waals surface area contributed by atoms with Gasteiger partial charge in [-0.2, -0.15) is 10.2 Å². The van der Waals surface area contributed by atoms with Crippen molar-refractivity contribution in [3.05, 3.63) is 47.9 Å². The maximum Gasteiger partial charge on any atom is 0.0795 e. The molecule has 0 aliphatic rings. The van der Waals surface area contributed by atoms with E-state index in [1.807, 2.05) is 43.2 Å². The van der Waals surface area contributed by atoms with E-state index in [1.165, 1.54) is 0 Å². The van der Waals surface area contributed by atoms with Crippen molar-refractivity contribution in [3.8, 4) is 0 Å². The van der Waals surface area contributed by atoms with Crippen LogP contribution in [0, 0.1) is 0 Å². The van der Waals surface area contributed by atoms with E-state index in [0.717, 1.165) is 22.3 Å². The van der Waals surface area contributed by atoms with Gasteiger partial charge in [0.25, 0.3) is 0 Å². The molecule has 0 saturated heterocycles. The average molecular weight is 255 g/mol. The summed E-state index contributed by atoms with van der Waals surface area (Å²) in [5.41, 5.74) is 9.27. The number of para-hydroxylation sites is 1. The molecular formula is C14H17N5. The highest BCUT2D eigenvalue weighted by molar-refractivity contribution is 5.81. The molecule has 1 unspecified atom stereocenters. The van der Waals surface area contributed by atoms with Crippen molar-refractivity contribution in [1.82, 2.24) is 19.6 Å². The van der Waals surface area contributed by atoms with E-state index in [2.05, 4.69) is 22.3 Å². The summed E-state index contributed by atoms with van der Waals surface area (Å²) < 4.78 is 3.67. The number of benzene rings is 1. The van der Waals surface area contributed by atoms with Crippen LogP contribution in [0.1, 0.15) is 17.4 Å². The Hall–Kier alpha value is -2.14.